The number of carbonyl (C=O) groups is 1. The summed E-state index contributed by atoms with van der Waals surface area (Å²) in [5.74, 6) is 0.149. The first-order valence-corrected chi connectivity index (χ1v) is 7.40. The second-order valence-corrected chi connectivity index (χ2v) is 5.97. The van der Waals surface area contributed by atoms with Crippen molar-refractivity contribution in [3.8, 4) is 0 Å². The fourth-order valence-electron chi connectivity index (χ4n) is 2.23. The largest absolute Gasteiger partial charge is 0.297 e. The number of ketones is 1. The molecular formula is C14H20Cl2NO3+. The van der Waals surface area contributed by atoms with Gasteiger partial charge in [0.2, 0.25) is 0 Å². The van der Waals surface area contributed by atoms with Crippen LogP contribution < -0.4 is 5.23 Å². The number of hydrogen-bond donors (Lipinski definition) is 3. The Balaban J connectivity index is 2.80. The monoisotopic (exact) mass is 320 g/mol. The highest BCUT2D eigenvalue weighted by atomic mass is 35.5. The van der Waals surface area contributed by atoms with Crippen molar-refractivity contribution in [1.29, 1.82) is 0 Å². The van der Waals surface area contributed by atoms with E-state index in [2.05, 4.69) is 0 Å². The van der Waals surface area contributed by atoms with Gasteiger partial charge < -0.3 is 0 Å². The van der Waals surface area contributed by atoms with Gasteiger partial charge in [-0.25, -0.2) is 0 Å². The van der Waals surface area contributed by atoms with Gasteiger partial charge in [0.1, 0.15) is 0 Å². The molecule has 1 aromatic rings. The van der Waals surface area contributed by atoms with E-state index < -0.39 is 10.1 Å². The van der Waals surface area contributed by atoms with E-state index in [1.807, 2.05) is 26.0 Å². The summed E-state index contributed by atoms with van der Waals surface area (Å²) in [7, 11) is 0. The number of halogens is 2. The molecule has 0 bridgehead atoms. The number of benzene rings is 1. The third-order valence-electron chi connectivity index (χ3n) is 3.63. The van der Waals surface area contributed by atoms with Gasteiger partial charge in [-0.1, -0.05) is 55.6 Å². The number of nitrogens with one attached hydrogen (secondary N) is 1. The molecule has 0 aromatic heterocycles. The summed E-state index contributed by atoms with van der Waals surface area (Å²) in [5, 5.41) is 17.3. The minimum atomic E-state index is -0.973. The Kier molecular flexibility index (Phi) is 6.92. The molecule has 0 aliphatic heterocycles. The number of hydrogen-bond acceptors (Lipinski definition) is 3. The smallest absolute Gasteiger partial charge is 0.197 e. The zero-order valence-electron chi connectivity index (χ0n) is 11.5. The Bertz CT molecular complexity index is 435. The zero-order valence-corrected chi connectivity index (χ0v) is 13.0. The minimum absolute atomic E-state index is 0.153. The first kappa shape index (κ1) is 17.4. The third kappa shape index (κ3) is 4.72. The van der Waals surface area contributed by atoms with Crippen LogP contribution in [0.3, 0.4) is 0 Å². The molecular weight excluding hydrogens is 301 g/mol. The van der Waals surface area contributed by atoms with Crippen molar-refractivity contribution in [2.45, 2.75) is 37.4 Å². The lowest BCUT2D eigenvalue weighted by molar-refractivity contribution is -1.19. The maximum absolute atomic E-state index is 11.7. The highest BCUT2D eigenvalue weighted by Gasteiger charge is 2.23. The molecule has 0 heterocycles. The van der Waals surface area contributed by atoms with Crippen molar-refractivity contribution >= 4 is 34.7 Å². The number of Topliss-reactive ketones (excluding diaryl/α,β-unsaturated/α-hetero) is 1. The molecule has 2 unspecified atom stereocenters. The van der Waals surface area contributed by atoms with Crippen LogP contribution in [0.2, 0.25) is 0 Å². The molecule has 112 valence electrons. The molecule has 0 aliphatic rings. The van der Waals surface area contributed by atoms with Crippen LogP contribution >= 0.6 is 23.2 Å². The van der Waals surface area contributed by atoms with Crippen LogP contribution in [-0.4, -0.2) is 21.0 Å². The summed E-state index contributed by atoms with van der Waals surface area (Å²) in [4.78, 5) is 10.7. The summed E-state index contributed by atoms with van der Waals surface area (Å²) in [6.07, 6.45) is 1.18. The summed E-state index contributed by atoms with van der Waals surface area (Å²) >= 11 is 11.2. The second kappa shape index (κ2) is 7.96. The molecule has 1 rings (SSSR count). The predicted molar refractivity (Wildman–Crippen MR) is 78.0 cm³/mol. The highest BCUT2D eigenvalue weighted by molar-refractivity contribution is 6.53. The summed E-state index contributed by atoms with van der Waals surface area (Å²) in [5.41, 5.74) is 1.40. The lowest BCUT2D eigenvalue weighted by Crippen LogP contribution is -3.01. The number of carbonyl (C=O) groups excluding carboxylic acids is 1. The molecule has 0 radical (unpaired) electrons. The normalized spacial score (nSPS) is 14.6. The Morgan fingerprint density at radius 1 is 1.25 bits per heavy atom. The van der Waals surface area contributed by atoms with Crippen molar-refractivity contribution in [1.82, 2.24) is 0 Å². The summed E-state index contributed by atoms with van der Waals surface area (Å²) < 4.78 is 0. The highest BCUT2D eigenvalue weighted by Crippen LogP contribution is 2.30. The molecule has 4 nitrogen and oxygen atoms in total. The van der Waals surface area contributed by atoms with Crippen molar-refractivity contribution in [3.05, 3.63) is 29.8 Å². The van der Waals surface area contributed by atoms with Crippen LogP contribution in [0.4, 0.5) is 5.69 Å². The molecule has 3 N–H and O–H groups in total. The van der Waals surface area contributed by atoms with Crippen LogP contribution in [-0.2, 0) is 4.79 Å². The standard InChI is InChI=1S/C14H19Cl2NO3/c1-3-10(8-13(18)14(15)16)9(2)11-4-6-12(7-5-11)17(19)20/h4-7,9-10,14,19-20H,3,8H2,1-2H3/p+1. The van der Waals surface area contributed by atoms with Crippen molar-refractivity contribution in [2.75, 3.05) is 0 Å². The number of alkyl halides is 2. The van der Waals surface area contributed by atoms with E-state index in [0.29, 0.717) is 12.1 Å². The quantitative estimate of drug-likeness (QED) is 0.534. The Labute approximate surface area is 128 Å². The average molecular weight is 321 g/mol. The lowest BCUT2D eigenvalue weighted by atomic mass is 9.83. The minimum Gasteiger partial charge on any atom is -0.297 e. The van der Waals surface area contributed by atoms with Gasteiger partial charge in [0.05, 0.1) is 0 Å². The molecule has 0 amide bonds. The van der Waals surface area contributed by atoms with Crippen LogP contribution in [0, 0.1) is 5.92 Å². The van der Waals surface area contributed by atoms with Crippen LogP contribution in [0.25, 0.3) is 0 Å². The van der Waals surface area contributed by atoms with E-state index in [1.54, 1.807) is 12.1 Å². The molecule has 0 saturated carbocycles. The molecule has 0 fully saturated rings. The fourth-order valence-corrected chi connectivity index (χ4v) is 2.41. The van der Waals surface area contributed by atoms with Gasteiger partial charge in [0.15, 0.2) is 16.3 Å². The topological polar surface area (TPSA) is 62.0 Å². The van der Waals surface area contributed by atoms with Gasteiger partial charge in [-0.15, -0.1) is 0 Å². The predicted octanol–water partition coefficient (Wildman–Crippen LogP) is 2.87. The van der Waals surface area contributed by atoms with Crippen LogP contribution in [0.5, 0.6) is 0 Å². The van der Waals surface area contributed by atoms with Gasteiger partial charge in [-0.3, -0.25) is 4.79 Å². The van der Waals surface area contributed by atoms with Gasteiger partial charge in [-0.05, 0) is 22.6 Å². The fraction of sp³-hybridized carbons (Fsp3) is 0.500. The first-order chi connectivity index (χ1) is 9.36. The number of quaternary nitrogens is 1. The van der Waals surface area contributed by atoms with E-state index in [-0.39, 0.29) is 17.6 Å². The zero-order chi connectivity index (χ0) is 15.3. The lowest BCUT2D eigenvalue weighted by Gasteiger charge is -2.23. The number of rotatable bonds is 7. The van der Waals surface area contributed by atoms with E-state index in [4.69, 9.17) is 33.6 Å². The Morgan fingerprint density at radius 3 is 2.20 bits per heavy atom. The molecule has 0 spiro atoms. The Morgan fingerprint density at radius 2 is 1.80 bits per heavy atom. The van der Waals surface area contributed by atoms with Crippen molar-refractivity contribution in [3.63, 3.8) is 0 Å². The maximum atomic E-state index is 11.7. The first-order valence-electron chi connectivity index (χ1n) is 6.52. The maximum Gasteiger partial charge on any atom is 0.197 e. The van der Waals surface area contributed by atoms with Crippen molar-refractivity contribution < 1.29 is 20.4 Å². The summed E-state index contributed by atoms with van der Waals surface area (Å²) in [6, 6.07) is 6.94. The van der Waals surface area contributed by atoms with E-state index in [9.17, 15) is 4.79 Å². The summed E-state index contributed by atoms with van der Waals surface area (Å²) in [6.45, 7) is 4.06. The molecule has 0 saturated heterocycles. The molecule has 6 heteroatoms. The third-order valence-corrected chi connectivity index (χ3v) is 4.12. The second-order valence-electron chi connectivity index (χ2n) is 4.87. The Hall–Kier alpha value is -0.650. The van der Waals surface area contributed by atoms with Gasteiger partial charge in [0.25, 0.3) is 0 Å². The van der Waals surface area contributed by atoms with Gasteiger partial charge in [-0.2, -0.15) is 10.4 Å². The van der Waals surface area contributed by atoms with Gasteiger partial charge in [0, 0.05) is 18.6 Å². The van der Waals surface area contributed by atoms with E-state index in [0.717, 1.165) is 12.0 Å². The van der Waals surface area contributed by atoms with E-state index >= 15 is 0 Å². The molecule has 2 atom stereocenters. The van der Waals surface area contributed by atoms with Crippen LogP contribution in [0.15, 0.2) is 24.3 Å². The SMILES string of the molecule is CCC(CC(=O)C(Cl)Cl)C(C)c1ccc([NH+](O)O)cc1. The molecule has 1 aromatic carbocycles. The van der Waals surface area contributed by atoms with Gasteiger partial charge >= 0.3 is 0 Å². The van der Waals surface area contributed by atoms with E-state index in [1.165, 1.54) is 0 Å². The average Bonchev–Trinajstić information content (AvgIpc) is 2.43. The molecule has 20 heavy (non-hydrogen) atoms. The van der Waals surface area contributed by atoms with Crippen LogP contribution in [0.1, 0.15) is 38.2 Å². The van der Waals surface area contributed by atoms with Crippen molar-refractivity contribution in [2.24, 2.45) is 5.92 Å². The molecule has 0 aliphatic carbocycles.